The molecule has 2 aliphatic rings. The van der Waals surface area contributed by atoms with Crippen molar-refractivity contribution in [1.82, 2.24) is 4.98 Å². The summed E-state index contributed by atoms with van der Waals surface area (Å²) in [5, 5.41) is 3.07. The number of hydrogen-bond acceptors (Lipinski definition) is 3. The maximum Gasteiger partial charge on any atom is 0.224 e. The summed E-state index contributed by atoms with van der Waals surface area (Å²) in [5.41, 5.74) is 7.26. The number of nitrogens with one attached hydrogen (secondary N) is 1. The van der Waals surface area contributed by atoms with E-state index in [4.69, 9.17) is 0 Å². The molecule has 4 heteroatoms. The third-order valence-electron chi connectivity index (χ3n) is 6.41. The number of carbonyl (C=O) groups is 1. The van der Waals surface area contributed by atoms with Crippen LogP contribution in [0.2, 0.25) is 0 Å². The Hall–Kier alpha value is -3.14. The largest absolute Gasteiger partial charge is 0.363 e. The van der Waals surface area contributed by atoms with Gasteiger partial charge in [0.25, 0.3) is 0 Å². The van der Waals surface area contributed by atoms with Gasteiger partial charge >= 0.3 is 0 Å². The van der Waals surface area contributed by atoms with E-state index in [2.05, 4.69) is 45.5 Å². The number of carbonyl (C=O) groups excluding carboxylic acids is 1. The summed E-state index contributed by atoms with van der Waals surface area (Å²) in [6.45, 7) is 1.82. The van der Waals surface area contributed by atoms with Gasteiger partial charge < -0.3 is 10.2 Å². The van der Waals surface area contributed by atoms with Gasteiger partial charge in [0.15, 0.2) is 0 Å². The zero-order valence-electron chi connectivity index (χ0n) is 17.2. The molecule has 3 aromatic rings. The minimum atomic E-state index is 0.145. The molecule has 152 valence electrons. The van der Waals surface area contributed by atoms with E-state index in [-0.39, 0.29) is 5.91 Å². The monoisotopic (exact) mass is 397 g/mol. The normalized spacial score (nSPS) is 15.9. The molecule has 1 aliphatic carbocycles. The Morgan fingerprint density at radius 3 is 2.40 bits per heavy atom. The Kier molecular flexibility index (Phi) is 5.22. The Bertz CT molecular complexity index is 1020. The van der Waals surface area contributed by atoms with Crippen LogP contribution in [-0.4, -0.2) is 10.9 Å². The number of aromatic nitrogens is 1. The van der Waals surface area contributed by atoms with Crippen LogP contribution in [-0.2, 0) is 17.9 Å². The fourth-order valence-corrected chi connectivity index (χ4v) is 4.75. The molecular weight excluding hydrogens is 370 g/mol. The molecule has 4 nitrogen and oxygen atoms in total. The van der Waals surface area contributed by atoms with Crippen molar-refractivity contribution in [2.24, 2.45) is 5.92 Å². The van der Waals surface area contributed by atoms with Gasteiger partial charge in [-0.15, -0.1) is 0 Å². The highest BCUT2D eigenvalue weighted by Crippen LogP contribution is 2.32. The van der Waals surface area contributed by atoms with Gasteiger partial charge in [0, 0.05) is 43.3 Å². The lowest BCUT2D eigenvalue weighted by atomic mass is 10.0. The van der Waals surface area contributed by atoms with E-state index >= 15 is 0 Å². The van der Waals surface area contributed by atoms with Crippen molar-refractivity contribution < 1.29 is 4.79 Å². The summed E-state index contributed by atoms with van der Waals surface area (Å²) in [6, 6.07) is 19.1. The van der Waals surface area contributed by atoms with E-state index in [9.17, 15) is 4.79 Å². The number of hydrogen-bond donors (Lipinski definition) is 1. The molecule has 0 saturated heterocycles. The molecule has 0 spiro atoms. The molecule has 0 atom stereocenters. The summed E-state index contributed by atoms with van der Waals surface area (Å²) >= 11 is 0. The molecule has 0 bridgehead atoms. The topological polar surface area (TPSA) is 45.2 Å². The van der Waals surface area contributed by atoms with Crippen LogP contribution in [0.15, 0.2) is 67.0 Å². The lowest BCUT2D eigenvalue weighted by Crippen LogP contribution is -2.16. The first-order valence-electron chi connectivity index (χ1n) is 10.9. The summed E-state index contributed by atoms with van der Waals surface area (Å²) in [4.78, 5) is 18.8. The second-order valence-electron chi connectivity index (χ2n) is 8.53. The van der Waals surface area contributed by atoms with Gasteiger partial charge in [-0.3, -0.25) is 9.78 Å². The maximum absolute atomic E-state index is 12.3. The van der Waals surface area contributed by atoms with Gasteiger partial charge in [-0.1, -0.05) is 25.0 Å². The average molecular weight is 398 g/mol. The van der Waals surface area contributed by atoms with Gasteiger partial charge in [0.2, 0.25) is 5.91 Å². The minimum Gasteiger partial charge on any atom is -0.363 e. The van der Waals surface area contributed by atoms with Crippen LogP contribution in [0.5, 0.6) is 0 Å². The zero-order chi connectivity index (χ0) is 20.3. The molecule has 30 heavy (non-hydrogen) atoms. The molecule has 2 heterocycles. The van der Waals surface area contributed by atoms with Crippen molar-refractivity contribution >= 4 is 17.3 Å². The first-order valence-corrected chi connectivity index (χ1v) is 10.9. The number of amides is 1. The Balaban J connectivity index is 1.23. The van der Waals surface area contributed by atoms with Crippen LogP contribution in [0, 0.1) is 5.92 Å². The molecule has 0 radical (unpaired) electrons. The molecule has 1 saturated carbocycles. The van der Waals surface area contributed by atoms with Gasteiger partial charge in [-0.05, 0) is 83.5 Å². The van der Waals surface area contributed by atoms with Gasteiger partial charge in [-0.25, -0.2) is 0 Å². The van der Waals surface area contributed by atoms with Crippen molar-refractivity contribution in [2.75, 3.05) is 10.2 Å². The number of anilines is 2. The van der Waals surface area contributed by atoms with Gasteiger partial charge in [0.1, 0.15) is 0 Å². The van der Waals surface area contributed by atoms with E-state index in [1.54, 1.807) is 0 Å². The number of benzene rings is 2. The van der Waals surface area contributed by atoms with E-state index < -0.39 is 0 Å². The van der Waals surface area contributed by atoms with Crippen LogP contribution >= 0.6 is 0 Å². The minimum absolute atomic E-state index is 0.145. The van der Waals surface area contributed by atoms with Gasteiger partial charge in [-0.2, -0.15) is 0 Å². The highest BCUT2D eigenvalue weighted by atomic mass is 16.1. The summed E-state index contributed by atoms with van der Waals surface area (Å²) < 4.78 is 0. The molecule has 2 aromatic carbocycles. The van der Waals surface area contributed by atoms with E-state index in [1.807, 2.05) is 36.7 Å². The van der Waals surface area contributed by atoms with Crippen LogP contribution in [0.1, 0.15) is 43.2 Å². The predicted octanol–water partition coefficient (Wildman–Crippen LogP) is 5.79. The van der Waals surface area contributed by atoms with E-state index in [0.717, 1.165) is 18.8 Å². The van der Waals surface area contributed by atoms with Crippen molar-refractivity contribution in [3.63, 3.8) is 0 Å². The number of fused-ring (bicyclic) bond motifs is 1. The number of rotatable bonds is 5. The smallest absolute Gasteiger partial charge is 0.224 e. The maximum atomic E-state index is 12.3. The van der Waals surface area contributed by atoms with Crippen molar-refractivity contribution in [1.29, 1.82) is 0 Å². The van der Waals surface area contributed by atoms with Crippen LogP contribution in [0.4, 0.5) is 11.4 Å². The Morgan fingerprint density at radius 2 is 1.63 bits per heavy atom. The highest BCUT2D eigenvalue weighted by Gasteiger charge is 2.21. The SMILES string of the molecule is O=C(CC1CCCC1)Nc1ccc(N2Cc3ccc(-c4ccncc4)cc3C2)cc1. The van der Waals surface area contributed by atoms with E-state index in [0.29, 0.717) is 12.3 Å². The fraction of sp³-hybridized carbons (Fsp3) is 0.308. The molecule has 1 amide bonds. The van der Waals surface area contributed by atoms with Crippen LogP contribution in [0.25, 0.3) is 11.1 Å². The van der Waals surface area contributed by atoms with Crippen molar-refractivity contribution in [3.8, 4) is 11.1 Å². The third kappa shape index (κ3) is 4.09. The molecule has 1 aromatic heterocycles. The first kappa shape index (κ1) is 18.9. The van der Waals surface area contributed by atoms with E-state index in [1.165, 1.54) is 53.6 Å². The molecule has 1 fully saturated rings. The van der Waals surface area contributed by atoms with Crippen LogP contribution in [0.3, 0.4) is 0 Å². The fourth-order valence-electron chi connectivity index (χ4n) is 4.75. The second kappa shape index (κ2) is 8.31. The summed E-state index contributed by atoms with van der Waals surface area (Å²) in [7, 11) is 0. The molecule has 1 aliphatic heterocycles. The summed E-state index contributed by atoms with van der Waals surface area (Å²) in [5.74, 6) is 0.719. The Labute approximate surface area is 178 Å². The quantitative estimate of drug-likeness (QED) is 0.593. The standard InChI is InChI=1S/C26H27N3O/c30-26(15-19-3-1-2-4-19)28-24-7-9-25(10-8-24)29-17-22-6-5-21(16-23(22)18-29)20-11-13-27-14-12-20/h5-14,16,19H,1-4,15,17-18H2,(H,28,30). The predicted molar refractivity (Wildman–Crippen MR) is 121 cm³/mol. The number of pyridine rings is 1. The van der Waals surface area contributed by atoms with Gasteiger partial charge in [0.05, 0.1) is 0 Å². The third-order valence-corrected chi connectivity index (χ3v) is 6.41. The Morgan fingerprint density at radius 1 is 0.900 bits per heavy atom. The second-order valence-corrected chi connectivity index (χ2v) is 8.53. The number of nitrogens with zero attached hydrogens (tertiary/aromatic N) is 2. The highest BCUT2D eigenvalue weighted by molar-refractivity contribution is 5.91. The molecule has 0 unspecified atom stereocenters. The van der Waals surface area contributed by atoms with Crippen molar-refractivity contribution in [3.05, 3.63) is 78.1 Å². The lowest BCUT2D eigenvalue weighted by Gasteiger charge is -2.18. The zero-order valence-corrected chi connectivity index (χ0v) is 17.2. The summed E-state index contributed by atoms with van der Waals surface area (Å²) in [6.07, 6.45) is 9.27. The lowest BCUT2D eigenvalue weighted by molar-refractivity contribution is -0.117. The van der Waals surface area contributed by atoms with Crippen molar-refractivity contribution in [2.45, 2.75) is 45.2 Å². The molecule has 5 rings (SSSR count). The molecular formula is C26H27N3O. The first-order chi connectivity index (χ1) is 14.7. The van der Waals surface area contributed by atoms with Crippen LogP contribution < -0.4 is 10.2 Å². The average Bonchev–Trinajstić information content (AvgIpc) is 3.44. The molecule has 1 N–H and O–H groups in total.